The number of nitrogens with zero attached hydrogens (tertiary/aromatic N) is 1. The van der Waals surface area contributed by atoms with Crippen LogP contribution in [0.4, 0.5) is 11.4 Å². The van der Waals surface area contributed by atoms with Crippen LogP contribution in [0.3, 0.4) is 0 Å². The number of nitrogens with one attached hydrogen (secondary N) is 1. The van der Waals surface area contributed by atoms with Crippen molar-refractivity contribution in [2.75, 3.05) is 18.2 Å². The van der Waals surface area contributed by atoms with Crippen molar-refractivity contribution in [3.63, 3.8) is 0 Å². The maximum atomic E-state index is 11.8. The van der Waals surface area contributed by atoms with Gasteiger partial charge in [-0.3, -0.25) is 4.79 Å². The molecule has 0 atom stereocenters. The lowest BCUT2D eigenvalue weighted by atomic mass is 10.0. The number of anilines is 2. The minimum absolute atomic E-state index is 0.0225. The molecular formula is C19H17N3O4. The van der Waals surface area contributed by atoms with Crippen LogP contribution in [-0.4, -0.2) is 29.1 Å². The molecule has 0 spiro atoms. The SMILES string of the molecule is COc1ccc2cc(C(=O)O)c(-c3cccc(NC(C)=O)c3N)nc2c1. The zero-order chi connectivity index (χ0) is 18.8. The molecule has 2 aromatic carbocycles. The fraction of sp³-hybridized carbons (Fsp3) is 0.105. The maximum absolute atomic E-state index is 11.8. The smallest absolute Gasteiger partial charge is 0.337 e. The summed E-state index contributed by atoms with van der Waals surface area (Å²) in [6, 6.07) is 11.7. The lowest BCUT2D eigenvalue weighted by molar-refractivity contribution is -0.114. The molecule has 7 heteroatoms. The average molecular weight is 351 g/mol. The monoisotopic (exact) mass is 351 g/mol. The first-order chi connectivity index (χ1) is 12.4. The Kier molecular flexibility index (Phi) is 4.45. The summed E-state index contributed by atoms with van der Waals surface area (Å²) < 4.78 is 5.20. The Morgan fingerprint density at radius 1 is 1.19 bits per heavy atom. The number of benzene rings is 2. The zero-order valence-corrected chi connectivity index (χ0v) is 14.2. The summed E-state index contributed by atoms with van der Waals surface area (Å²) in [6.45, 7) is 1.37. The number of hydrogen-bond acceptors (Lipinski definition) is 5. The normalized spacial score (nSPS) is 10.5. The first-order valence-electron chi connectivity index (χ1n) is 7.79. The van der Waals surface area contributed by atoms with Gasteiger partial charge in [0.15, 0.2) is 0 Å². The van der Waals surface area contributed by atoms with Gasteiger partial charge in [-0.05, 0) is 24.3 Å². The Morgan fingerprint density at radius 3 is 2.62 bits per heavy atom. The molecule has 3 aromatic rings. The van der Waals surface area contributed by atoms with E-state index >= 15 is 0 Å². The number of ether oxygens (including phenoxy) is 1. The first-order valence-corrected chi connectivity index (χ1v) is 7.79. The Labute approximate surface area is 149 Å². The molecule has 0 radical (unpaired) electrons. The third-order valence-corrected chi connectivity index (χ3v) is 3.93. The summed E-state index contributed by atoms with van der Waals surface area (Å²) in [5.41, 5.74) is 8.07. The molecule has 26 heavy (non-hydrogen) atoms. The molecular weight excluding hydrogens is 334 g/mol. The summed E-state index contributed by atoms with van der Waals surface area (Å²) >= 11 is 0. The number of methoxy groups -OCH3 is 1. The van der Waals surface area contributed by atoms with Gasteiger partial charge in [-0.25, -0.2) is 9.78 Å². The number of hydrogen-bond donors (Lipinski definition) is 3. The Bertz CT molecular complexity index is 1030. The second kappa shape index (κ2) is 6.72. The highest BCUT2D eigenvalue weighted by molar-refractivity contribution is 6.03. The molecule has 1 aromatic heterocycles. The lowest BCUT2D eigenvalue weighted by Crippen LogP contribution is -2.09. The van der Waals surface area contributed by atoms with E-state index in [4.69, 9.17) is 10.5 Å². The zero-order valence-electron chi connectivity index (χ0n) is 14.2. The number of carbonyl (C=O) groups is 2. The third-order valence-electron chi connectivity index (χ3n) is 3.93. The number of amides is 1. The van der Waals surface area contributed by atoms with Crippen LogP contribution in [0, 0.1) is 0 Å². The van der Waals surface area contributed by atoms with E-state index in [0.29, 0.717) is 27.9 Å². The van der Waals surface area contributed by atoms with Gasteiger partial charge in [-0.1, -0.05) is 12.1 Å². The molecule has 0 saturated carbocycles. The Morgan fingerprint density at radius 2 is 1.96 bits per heavy atom. The van der Waals surface area contributed by atoms with E-state index in [2.05, 4.69) is 10.3 Å². The van der Waals surface area contributed by atoms with Crippen molar-refractivity contribution in [2.24, 2.45) is 0 Å². The van der Waals surface area contributed by atoms with Crippen molar-refractivity contribution in [1.82, 2.24) is 4.98 Å². The van der Waals surface area contributed by atoms with Gasteiger partial charge in [-0.2, -0.15) is 0 Å². The van der Waals surface area contributed by atoms with Crippen molar-refractivity contribution in [1.29, 1.82) is 0 Å². The highest BCUT2D eigenvalue weighted by Crippen LogP contribution is 2.34. The topological polar surface area (TPSA) is 115 Å². The molecule has 132 valence electrons. The number of pyridine rings is 1. The molecule has 0 aliphatic carbocycles. The number of para-hydroxylation sites is 1. The van der Waals surface area contributed by atoms with E-state index in [1.165, 1.54) is 6.92 Å². The van der Waals surface area contributed by atoms with Crippen molar-refractivity contribution < 1.29 is 19.4 Å². The van der Waals surface area contributed by atoms with Crippen LogP contribution in [0.5, 0.6) is 5.75 Å². The highest BCUT2D eigenvalue weighted by Gasteiger charge is 2.18. The highest BCUT2D eigenvalue weighted by atomic mass is 16.5. The molecule has 0 aliphatic rings. The number of carbonyl (C=O) groups excluding carboxylic acids is 1. The number of carboxylic acids is 1. The van der Waals surface area contributed by atoms with Gasteiger partial charge in [-0.15, -0.1) is 0 Å². The van der Waals surface area contributed by atoms with Crippen LogP contribution in [0.1, 0.15) is 17.3 Å². The minimum Gasteiger partial charge on any atom is -0.497 e. The summed E-state index contributed by atoms with van der Waals surface area (Å²) in [4.78, 5) is 27.6. The predicted octanol–water partition coefficient (Wildman–Crippen LogP) is 3.15. The molecule has 1 heterocycles. The minimum atomic E-state index is -1.12. The molecule has 0 bridgehead atoms. The van der Waals surface area contributed by atoms with E-state index in [-0.39, 0.29) is 22.9 Å². The van der Waals surface area contributed by atoms with Gasteiger partial charge >= 0.3 is 5.97 Å². The quantitative estimate of drug-likeness (QED) is 0.622. The summed E-state index contributed by atoms with van der Waals surface area (Å²) in [5.74, 6) is -0.781. The average Bonchev–Trinajstić information content (AvgIpc) is 2.61. The van der Waals surface area contributed by atoms with Crippen LogP contribution in [-0.2, 0) is 4.79 Å². The van der Waals surface area contributed by atoms with Crippen LogP contribution in [0.2, 0.25) is 0 Å². The van der Waals surface area contributed by atoms with Crippen LogP contribution in [0.15, 0.2) is 42.5 Å². The first kappa shape index (κ1) is 17.2. The van der Waals surface area contributed by atoms with E-state index in [0.717, 1.165) is 0 Å². The molecule has 1 amide bonds. The molecule has 0 saturated heterocycles. The molecule has 7 nitrogen and oxygen atoms in total. The molecule has 0 fully saturated rings. The van der Waals surface area contributed by atoms with Crippen LogP contribution in [0.25, 0.3) is 22.2 Å². The third kappa shape index (κ3) is 3.14. The number of rotatable bonds is 4. The van der Waals surface area contributed by atoms with Gasteiger partial charge in [0.2, 0.25) is 5.91 Å². The number of fused-ring (bicyclic) bond motifs is 1. The fourth-order valence-electron chi connectivity index (χ4n) is 2.71. The molecule has 0 aliphatic heterocycles. The van der Waals surface area contributed by atoms with Gasteiger partial charge in [0.1, 0.15) is 5.75 Å². The number of carboxylic acid groups (broad SMARTS) is 1. The number of aromatic nitrogens is 1. The lowest BCUT2D eigenvalue weighted by Gasteiger charge is -2.14. The molecule has 0 unspecified atom stereocenters. The standard InChI is InChI=1S/C19H17N3O4/c1-10(23)21-15-5-3-4-13(17(15)20)18-14(19(24)25)8-11-6-7-12(26-2)9-16(11)22-18/h3-9H,20H2,1-2H3,(H,21,23)(H,24,25). The van der Waals surface area contributed by atoms with Crippen LogP contribution < -0.4 is 15.8 Å². The second-order valence-electron chi connectivity index (χ2n) is 5.70. The number of nitrogen functional groups attached to an aromatic ring is 1. The molecule has 4 N–H and O–H groups in total. The summed E-state index contributed by atoms with van der Waals surface area (Å²) in [7, 11) is 1.54. The summed E-state index contributed by atoms with van der Waals surface area (Å²) in [6.07, 6.45) is 0. The van der Waals surface area contributed by atoms with Crippen molar-refractivity contribution in [3.8, 4) is 17.0 Å². The van der Waals surface area contributed by atoms with E-state index in [1.807, 2.05) is 0 Å². The summed E-state index contributed by atoms with van der Waals surface area (Å²) in [5, 5.41) is 12.9. The van der Waals surface area contributed by atoms with Crippen molar-refractivity contribution >= 4 is 34.2 Å². The van der Waals surface area contributed by atoms with Crippen molar-refractivity contribution in [2.45, 2.75) is 6.92 Å². The van der Waals surface area contributed by atoms with Gasteiger partial charge < -0.3 is 20.9 Å². The van der Waals surface area contributed by atoms with E-state index in [1.54, 1.807) is 49.6 Å². The van der Waals surface area contributed by atoms with Crippen molar-refractivity contribution in [3.05, 3.63) is 48.0 Å². The van der Waals surface area contributed by atoms with Gasteiger partial charge in [0.05, 0.1) is 35.3 Å². The van der Waals surface area contributed by atoms with E-state index in [9.17, 15) is 14.7 Å². The maximum Gasteiger partial charge on any atom is 0.337 e. The van der Waals surface area contributed by atoms with Gasteiger partial charge in [0.25, 0.3) is 0 Å². The Hall–Kier alpha value is -3.61. The number of nitrogens with two attached hydrogens (primary N) is 1. The van der Waals surface area contributed by atoms with Crippen LogP contribution >= 0.6 is 0 Å². The number of aromatic carboxylic acids is 1. The predicted molar refractivity (Wildman–Crippen MR) is 99.4 cm³/mol. The molecule has 3 rings (SSSR count). The van der Waals surface area contributed by atoms with Gasteiger partial charge in [0, 0.05) is 23.9 Å². The fourth-order valence-corrected chi connectivity index (χ4v) is 2.71. The second-order valence-corrected chi connectivity index (χ2v) is 5.70. The van der Waals surface area contributed by atoms with E-state index < -0.39 is 5.97 Å². The Balaban J connectivity index is 2.27. The largest absolute Gasteiger partial charge is 0.497 e.